The number of ether oxygens (including phenoxy) is 1. The van der Waals surface area contributed by atoms with Crippen LogP contribution in [0.5, 0.6) is 5.75 Å². The van der Waals surface area contributed by atoms with Crippen LogP contribution in [-0.4, -0.2) is 19.8 Å². The summed E-state index contributed by atoms with van der Waals surface area (Å²) in [5.74, 6) is 0.785. The number of benzene rings is 2. The van der Waals surface area contributed by atoms with Gasteiger partial charge in [0.25, 0.3) is 0 Å². The van der Waals surface area contributed by atoms with Gasteiger partial charge in [0.1, 0.15) is 12.4 Å². The second-order valence-electron chi connectivity index (χ2n) is 5.14. The number of hydrogen-bond donors (Lipinski definition) is 0. The highest BCUT2D eigenvalue weighted by Gasteiger charge is 2.14. The summed E-state index contributed by atoms with van der Waals surface area (Å²) in [6.45, 7) is 2.38. The van der Waals surface area contributed by atoms with Gasteiger partial charge in [0.15, 0.2) is 0 Å². The van der Waals surface area contributed by atoms with Crippen molar-refractivity contribution in [2.75, 3.05) is 0 Å². The maximum Gasteiger partial charge on any atom is 0.368 e. The molecule has 0 amide bonds. The molecular weight excluding hydrogens is 407 g/mol. The summed E-state index contributed by atoms with van der Waals surface area (Å²) in [6, 6.07) is 13.6. The van der Waals surface area contributed by atoms with Crippen molar-refractivity contribution >= 4 is 22.6 Å². The molecule has 23 heavy (non-hydrogen) atoms. The molecule has 0 bridgehead atoms. The minimum absolute atomic E-state index is 0.288. The number of nitrogens with zero attached hydrogens (tertiary/aromatic N) is 4. The van der Waals surface area contributed by atoms with Crippen LogP contribution in [0.3, 0.4) is 0 Å². The van der Waals surface area contributed by atoms with E-state index in [1.54, 1.807) is 7.05 Å². The maximum atomic E-state index is 12.1. The summed E-state index contributed by atoms with van der Waals surface area (Å²) in [4.78, 5) is 12.1. The van der Waals surface area contributed by atoms with E-state index in [1.165, 1.54) is 14.9 Å². The summed E-state index contributed by atoms with van der Waals surface area (Å²) in [5.41, 5.74) is 2.47. The first kappa shape index (κ1) is 15.7. The SMILES string of the molecule is Cc1ccc(OCc2c(I)cccc2-n2nnn(C)c2=O)cc1. The average Bonchev–Trinajstić information content (AvgIpc) is 2.87. The second-order valence-corrected chi connectivity index (χ2v) is 6.30. The molecule has 1 aromatic heterocycles. The van der Waals surface area contributed by atoms with Crippen molar-refractivity contribution in [3.05, 3.63) is 67.6 Å². The molecule has 0 radical (unpaired) electrons. The van der Waals surface area contributed by atoms with E-state index < -0.39 is 0 Å². The molecule has 1 heterocycles. The van der Waals surface area contributed by atoms with Crippen LogP contribution in [0.15, 0.2) is 47.3 Å². The lowest BCUT2D eigenvalue weighted by Crippen LogP contribution is -2.23. The van der Waals surface area contributed by atoms with Crippen LogP contribution in [0.25, 0.3) is 5.69 Å². The standard InChI is InChI=1S/C16H15IN4O2/c1-11-6-8-12(9-7-11)23-10-13-14(17)4-3-5-15(13)21-16(22)20(2)18-19-21/h3-9H,10H2,1-2H3. The molecule has 0 fully saturated rings. The van der Waals surface area contributed by atoms with E-state index in [9.17, 15) is 4.79 Å². The van der Waals surface area contributed by atoms with Crippen LogP contribution in [0.1, 0.15) is 11.1 Å². The van der Waals surface area contributed by atoms with Crippen LogP contribution in [-0.2, 0) is 13.7 Å². The molecule has 0 unspecified atom stereocenters. The monoisotopic (exact) mass is 422 g/mol. The summed E-state index contributed by atoms with van der Waals surface area (Å²) in [6.07, 6.45) is 0. The van der Waals surface area contributed by atoms with E-state index in [4.69, 9.17) is 4.74 Å². The van der Waals surface area contributed by atoms with Gasteiger partial charge in [-0.2, -0.15) is 9.36 Å². The minimum atomic E-state index is -0.288. The lowest BCUT2D eigenvalue weighted by atomic mass is 10.2. The van der Waals surface area contributed by atoms with Crippen LogP contribution in [0, 0.1) is 10.5 Å². The predicted molar refractivity (Wildman–Crippen MR) is 94.8 cm³/mol. The maximum absolute atomic E-state index is 12.1. The van der Waals surface area contributed by atoms with Gasteiger partial charge >= 0.3 is 5.69 Å². The third-order valence-corrected chi connectivity index (χ3v) is 4.46. The molecule has 0 spiro atoms. The van der Waals surface area contributed by atoms with Crippen LogP contribution < -0.4 is 10.4 Å². The quantitative estimate of drug-likeness (QED) is 0.607. The summed E-state index contributed by atoms with van der Waals surface area (Å²) < 4.78 is 9.35. The van der Waals surface area contributed by atoms with Gasteiger partial charge in [-0.3, -0.25) is 0 Å². The second kappa shape index (κ2) is 6.53. The van der Waals surface area contributed by atoms with Crippen molar-refractivity contribution in [2.24, 2.45) is 7.05 Å². The summed E-state index contributed by atoms with van der Waals surface area (Å²) >= 11 is 2.23. The van der Waals surface area contributed by atoms with Crippen LogP contribution >= 0.6 is 22.6 Å². The first-order chi connectivity index (χ1) is 11.1. The predicted octanol–water partition coefficient (Wildman–Crippen LogP) is 2.46. The molecule has 0 aliphatic heterocycles. The number of aromatic nitrogens is 4. The smallest absolute Gasteiger partial charge is 0.368 e. The molecule has 0 aliphatic rings. The van der Waals surface area contributed by atoms with Gasteiger partial charge < -0.3 is 4.74 Å². The van der Waals surface area contributed by atoms with Crippen LogP contribution in [0.4, 0.5) is 0 Å². The highest BCUT2D eigenvalue weighted by Crippen LogP contribution is 2.22. The summed E-state index contributed by atoms with van der Waals surface area (Å²) in [7, 11) is 1.57. The van der Waals surface area contributed by atoms with Gasteiger partial charge in [-0.05, 0) is 64.2 Å². The van der Waals surface area contributed by atoms with E-state index in [-0.39, 0.29) is 5.69 Å². The number of aryl methyl sites for hydroxylation is 2. The Hall–Kier alpha value is -2.16. The van der Waals surface area contributed by atoms with Gasteiger partial charge in [-0.1, -0.05) is 23.8 Å². The highest BCUT2D eigenvalue weighted by molar-refractivity contribution is 14.1. The number of rotatable bonds is 4. The lowest BCUT2D eigenvalue weighted by molar-refractivity contribution is 0.304. The topological polar surface area (TPSA) is 61.9 Å². The zero-order valence-electron chi connectivity index (χ0n) is 12.7. The fraction of sp³-hybridized carbons (Fsp3) is 0.188. The normalized spacial score (nSPS) is 10.7. The number of hydrogen-bond acceptors (Lipinski definition) is 4. The molecule has 6 nitrogen and oxygen atoms in total. The molecule has 3 aromatic rings. The Balaban J connectivity index is 1.94. The lowest BCUT2D eigenvalue weighted by Gasteiger charge is -2.12. The highest BCUT2D eigenvalue weighted by atomic mass is 127. The molecule has 0 saturated heterocycles. The first-order valence-corrected chi connectivity index (χ1v) is 8.10. The Morgan fingerprint density at radius 3 is 2.52 bits per heavy atom. The third-order valence-electron chi connectivity index (χ3n) is 3.45. The zero-order chi connectivity index (χ0) is 16.4. The van der Waals surface area contributed by atoms with Gasteiger partial charge in [-0.25, -0.2) is 4.79 Å². The van der Waals surface area contributed by atoms with Crippen molar-refractivity contribution in [1.29, 1.82) is 0 Å². The molecule has 118 valence electrons. The Morgan fingerprint density at radius 1 is 1.13 bits per heavy atom. The van der Waals surface area contributed by atoms with Crippen molar-refractivity contribution in [3.63, 3.8) is 0 Å². The fourth-order valence-corrected chi connectivity index (χ4v) is 2.78. The number of tetrazole rings is 1. The van der Waals surface area contributed by atoms with Gasteiger partial charge in [-0.15, -0.1) is 0 Å². The molecular formula is C16H15IN4O2. The first-order valence-electron chi connectivity index (χ1n) is 7.02. The van der Waals surface area contributed by atoms with Gasteiger partial charge in [0.2, 0.25) is 0 Å². The van der Waals surface area contributed by atoms with E-state index in [0.29, 0.717) is 12.3 Å². The number of halogens is 1. The Kier molecular flexibility index (Phi) is 4.46. The Bertz CT molecular complexity index is 884. The van der Waals surface area contributed by atoms with Crippen LogP contribution in [0.2, 0.25) is 0 Å². The molecule has 0 N–H and O–H groups in total. The molecule has 2 aromatic carbocycles. The third kappa shape index (κ3) is 3.29. The molecule has 3 rings (SSSR count). The summed E-state index contributed by atoms with van der Waals surface area (Å²) in [5, 5.41) is 7.68. The largest absolute Gasteiger partial charge is 0.489 e. The Morgan fingerprint density at radius 2 is 1.87 bits per heavy atom. The van der Waals surface area contributed by atoms with E-state index in [0.717, 1.165) is 14.9 Å². The van der Waals surface area contributed by atoms with Crippen molar-refractivity contribution < 1.29 is 4.74 Å². The van der Waals surface area contributed by atoms with E-state index in [1.807, 2.05) is 49.4 Å². The molecule has 0 aliphatic carbocycles. The van der Waals surface area contributed by atoms with Crippen molar-refractivity contribution in [3.8, 4) is 11.4 Å². The van der Waals surface area contributed by atoms with Gasteiger partial charge in [0, 0.05) is 16.2 Å². The Labute approximate surface area is 146 Å². The molecule has 0 atom stereocenters. The van der Waals surface area contributed by atoms with E-state index in [2.05, 4.69) is 33.0 Å². The van der Waals surface area contributed by atoms with E-state index >= 15 is 0 Å². The van der Waals surface area contributed by atoms with Crippen molar-refractivity contribution in [1.82, 2.24) is 19.8 Å². The molecule has 7 heteroatoms. The minimum Gasteiger partial charge on any atom is -0.489 e. The van der Waals surface area contributed by atoms with Gasteiger partial charge in [0.05, 0.1) is 5.69 Å². The fourth-order valence-electron chi connectivity index (χ4n) is 2.14. The van der Waals surface area contributed by atoms with Crippen molar-refractivity contribution in [2.45, 2.75) is 13.5 Å². The molecule has 0 saturated carbocycles. The zero-order valence-corrected chi connectivity index (χ0v) is 14.9. The average molecular weight is 422 g/mol.